The van der Waals surface area contributed by atoms with Gasteiger partial charge >= 0.3 is 6.18 Å². The Hall–Kier alpha value is -3.43. The van der Waals surface area contributed by atoms with Crippen LogP contribution in [-0.4, -0.2) is 92.9 Å². The molecule has 0 aromatic heterocycles. The van der Waals surface area contributed by atoms with Gasteiger partial charge in [0.25, 0.3) is 15.9 Å². The summed E-state index contributed by atoms with van der Waals surface area (Å²) in [6.45, 7) is 5.14. The molecule has 2 aromatic rings. The van der Waals surface area contributed by atoms with Crippen LogP contribution in [0.25, 0.3) is 0 Å². The highest BCUT2D eigenvalue weighted by Gasteiger charge is 2.32. The quantitative estimate of drug-likeness (QED) is 0.346. The Bertz CT molecular complexity index is 1460. The lowest BCUT2D eigenvalue weighted by Crippen LogP contribution is -2.48. The van der Waals surface area contributed by atoms with E-state index in [9.17, 15) is 40.7 Å². The van der Waals surface area contributed by atoms with Crippen LogP contribution in [0, 0.1) is 11.7 Å². The minimum absolute atomic E-state index is 0.0151. The molecular formula is C32H43F4N3O7S. The number of nitrogens with zero attached hydrogens (tertiary/aromatic N) is 2. The molecule has 0 saturated heterocycles. The van der Waals surface area contributed by atoms with E-state index < -0.39 is 71.3 Å². The fourth-order valence-electron chi connectivity index (χ4n) is 5.09. The van der Waals surface area contributed by atoms with Crippen molar-refractivity contribution in [2.24, 2.45) is 5.92 Å². The van der Waals surface area contributed by atoms with Crippen molar-refractivity contribution >= 4 is 27.5 Å². The van der Waals surface area contributed by atoms with Crippen LogP contribution in [0.3, 0.4) is 0 Å². The second-order valence-electron chi connectivity index (χ2n) is 12.0. The Kier molecular flexibility index (Phi) is 13.4. The number of nitrogens with one attached hydrogen (secondary N) is 1. The zero-order valence-corrected chi connectivity index (χ0v) is 27.7. The number of ether oxygens (including phenoxy) is 2. The number of rotatable bonds is 9. The average Bonchev–Trinajstić information content (AvgIpc) is 3.00. The van der Waals surface area contributed by atoms with Gasteiger partial charge < -0.3 is 24.4 Å². The summed E-state index contributed by atoms with van der Waals surface area (Å²) in [5, 5.41) is 10.1. The maximum atomic E-state index is 14.2. The summed E-state index contributed by atoms with van der Waals surface area (Å²) in [6.07, 6.45) is -5.50. The Labute approximate surface area is 273 Å². The Morgan fingerprint density at radius 1 is 1.15 bits per heavy atom. The second kappa shape index (κ2) is 16.6. The van der Waals surface area contributed by atoms with Gasteiger partial charge in [0, 0.05) is 44.8 Å². The van der Waals surface area contributed by atoms with E-state index in [0.717, 1.165) is 24.3 Å². The summed E-state index contributed by atoms with van der Waals surface area (Å²) < 4.78 is 92.3. The normalized spacial score (nSPS) is 20.8. The molecule has 2 aromatic carbocycles. The van der Waals surface area contributed by atoms with Gasteiger partial charge in [-0.05, 0) is 75.6 Å². The first-order chi connectivity index (χ1) is 22.0. The molecule has 2 N–H and O–H groups in total. The standard InChI is InChI=1S/C32H43F4N3O7S/c1-21-18-39(22(2)20-40)31(42)27-17-25(37-47(43,44)26-11-8-24(33)9-12-26)10-13-28(27)46-23(3)7-5-6-16-45-29(21)19-38(4)30(41)14-15-32(34,35)36/h8-13,17,21-23,29,37,40H,5-7,14-16,18-20H2,1-4H3/t21-,22-,23-,29+/m0/s1. The number of carbonyl (C=O) groups excluding carboxylic acids is 2. The van der Waals surface area contributed by atoms with Gasteiger partial charge in [0.05, 0.1) is 41.7 Å². The van der Waals surface area contributed by atoms with E-state index in [0.29, 0.717) is 25.9 Å². The summed E-state index contributed by atoms with van der Waals surface area (Å²) >= 11 is 0. The third-order valence-corrected chi connectivity index (χ3v) is 9.33. The predicted octanol–water partition coefficient (Wildman–Crippen LogP) is 5.22. The van der Waals surface area contributed by atoms with E-state index in [2.05, 4.69) is 4.72 Å². The number of halogens is 4. The number of sulfonamides is 1. The molecule has 47 heavy (non-hydrogen) atoms. The average molecular weight is 690 g/mol. The molecule has 0 unspecified atom stereocenters. The molecule has 262 valence electrons. The summed E-state index contributed by atoms with van der Waals surface area (Å²) in [6, 6.07) is 7.79. The highest BCUT2D eigenvalue weighted by Crippen LogP contribution is 2.30. The van der Waals surface area contributed by atoms with Crippen molar-refractivity contribution in [3.05, 3.63) is 53.8 Å². The number of carbonyl (C=O) groups is 2. The Balaban J connectivity index is 1.95. The van der Waals surface area contributed by atoms with Crippen molar-refractivity contribution < 1.29 is 50.1 Å². The van der Waals surface area contributed by atoms with Gasteiger partial charge in [-0.15, -0.1) is 0 Å². The molecule has 0 saturated carbocycles. The summed E-state index contributed by atoms with van der Waals surface area (Å²) in [5.74, 6) is -2.11. The van der Waals surface area contributed by atoms with Gasteiger partial charge in [-0.2, -0.15) is 13.2 Å². The minimum atomic E-state index is -4.47. The van der Waals surface area contributed by atoms with Crippen molar-refractivity contribution in [2.75, 3.05) is 38.1 Å². The van der Waals surface area contributed by atoms with Crippen molar-refractivity contribution in [3.8, 4) is 5.75 Å². The molecule has 4 atom stereocenters. The molecule has 10 nitrogen and oxygen atoms in total. The lowest BCUT2D eigenvalue weighted by Gasteiger charge is -2.36. The third kappa shape index (κ3) is 11.4. The van der Waals surface area contributed by atoms with E-state index >= 15 is 0 Å². The Morgan fingerprint density at radius 3 is 2.47 bits per heavy atom. The lowest BCUT2D eigenvalue weighted by molar-refractivity contribution is -0.149. The molecule has 2 amide bonds. The summed E-state index contributed by atoms with van der Waals surface area (Å²) in [4.78, 5) is 29.1. The monoisotopic (exact) mass is 689 g/mol. The first kappa shape index (κ1) is 38.0. The van der Waals surface area contributed by atoms with Crippen LogP contribution in [0.15, 0.2) is 47.4 Å². The second-order valence-corrected chi connectivity index (χ2v) is 13.6. The van der Waals surface area contributed by atoms with Crippen LogP contribution >= 0.6 is 0 Å². The highest BCUT2D eigenvalue weighted by molar-refractivity contribution is 7.92. The molecule has 0 fully saturated rings. The van der Waals surface area contributed by atoms with Gasteiger partial charge in [-0.3, -0.25) is 14.3 Å². The third-order valence-electron chi connectivity index (χ3n) is 7.93. The first-order valence-corrected chi connectivity index (χ1v) is 16.9. The number of anilines is 1. The number of fused-ring (bicyclic) bond motifs is 1. The smallest absolute Gasteiger partial charge is 0.389 e. The number of amides is 2. The van der Waals surface area contributed by atoms with Crippen molar-refractivity contribution in [1.82, 2.24) is 9.80 Å². The number of aliphatic hydroxyl groups is 1. The Morgan fingerprint density at radius 2 is 1.83 bits per heavy atom. The fourth-order valence-corrected chi connectivity index (χ4v) is 6.14. The van der Waals surface area contributed by atoms with E-state index in [4.69, 9.17) is 9.47 Å². The molecule has 1 aliphatic heterocycles. The van der Waals surface area contributed by atoms with Crippen LogP contribution in [0.2, 0.25) is 0 Å². The largest absolute Gasteiger partial charge is 0.490 e. The van der Waals surface area contributed by atoms with Crippen LogP contribution in [-0.2, 0) is 19.6 Å². The molecule has 0 spiro atoms. The number of benzene rings is 2. The number of likely N-dealkylation sites (N-methyl/N-ethyl adjacent to an activating group) is 1. The number of alkyl halides is 3. The number of aliphatic hydroxyl groups excluding tert-OH is 1. The molecule has 0 bridgehead atoms. The molecule has 1 aliphatic rings. The zero-order chi connectivity index (χ0) is 34.9. The number of hydrogen-bond acceptors (Lipinski definition) is 7. The maximum absolute atomic E-state index is 14.2. The van der Waals surface area contributed by atoms with Crippen LogP contribution in [0.1, 0.15) is 63.2 Å². The van der Waals surface area contributed by atoms with Gasteiger partial charge in [0.2, 0.25) is 5.91 Å². The van der Waals surface area contributed by atoms with E-state index in [1.54, 1.807) is 13.8 Å². The SMILES string of the molecule is C[C@H]1CCCCO[C@H](CN(C)C(=O)CCC(F)(F)F)[C@@H](C)CN([C@@H](C)CO)C(=O)c2cc(NS(=O)(=O)c3ccc(F)cc3)ccc2O1. The van der Waals surface area contributed by atoms with E-state index in [1.165, 1.54) is 35.0 Å². The minimum Gasteiger partial charge on any atom is -0.490 e. The number of hydrogen-bond donors (Lipinski definition) is 2. The molecule has 3 rings (SSSR count). The van der Waals surface area contributed by atoms with E-state index in [1.807, 2.05) is 6.92 Å². The summed E-state index contributed by atoms with van der Waals surface area (Å²) in [5.41, 5.74) is 0.0706. The summed E-state index contributed by atoms with van der Waals surface area (Å²) in [7, 11) is -2.74. The maximum Gasteiger partial charge on any atom is 0.389 e. The van der Waals surface area contributed by atoms with Crippen molar-refractivity contribution in [2.45, 2.75) is 82.2 Å². The van der Waals surface area contributed by atoms with Gasteiger partial charge in [0.15, 0.2) is 0 Å². The molecule has 1 heterocycles. The topological polar surface area (TPSA) is 125 Å². The van der Waals surface area contributed by atoms with Crippen LogP contribution < -0.4 is 9.46 Å². The van der Waals surface area contributed by atoms with Crippen LogP contribution in [0.5, 0.6) is 5.75 Å². The van der Waals surface area contributed by atoms with Crippen LogP contribution in [0.4, 0.5) is 23.2 Å². The fraction of sp³-hybridized carbons (Fsp3) is 0.562. The highest BCUT2D eigenvalue weighted by atomic mass is 32.2. The molecule has 15 heteroatoms. The van der Waals surface area contributed by atoms with Gasteiger partial charge in [0.1, 0.15) is 11.6 Å². The van der Waals surface area contributed by atoms with Crippen molar-refractivity contribution in [1.29, 1.82) is 0 Å². The zero-order valence-electron chi connectivity index (χ0n) is 26.9. The van der Waals surface area contributed by atoms with Gasteiger partial charge in [-0.25, -0.2) is 12.8 Å². The predicted molar refractivity (Wildman–Crippen MR) is 167 cm³/mol. The molecule has 0 aliphatic carbocycles. The van der Waals surface area contributed by atoms with Gasteiger partial charge in [-0.1, -0.05) is 6.92 Å². The first-order valence-electron chi connectivity index (χ1n) is 15.4. The van der Waals surface area contributed by atoms with Crippen molar-refractivity contribution in [3.63, 3.8) is 0 Å². The molecule has 0 radical (unpaired) electrons. The lowest BCUT2D eigenvalue weighted by atomic mass is 10.0. The molecular weight excluding hydrogens is 646 g/mol. The van der Waals surface area contributed by atoms with E-state index in [-0.39, 0.29) is 41.1 Å².